The van der Waals surface area contributed by atoms with Crippen LogP contribution >= 0.6 is 11.6 Å². The molecule has 0 spiro atoms. The van der Waals surface area contributed by atoms with Crippen molar-refractivity contribution in [3.8, 4) is 0 Å². The van der Waals surface area contributed by atoms with E-state index in [0.717, 1.165) is 12.8 Å². The van der Waals surface area contributed by atoms with Gasteiger partial charge in [0, 0.05) is 31.3 Å². The number of nitro benzene ring substituents is 1. The zero-order valence-corrected chi connectivity index (χ0v) is 12.3. The van der Waals surface area contributed by atoms with Gasteiger partial charge < -0.3 is 10.0 Å². The van der Waals surface area contributed by atoms with Crippen LogP contribution in [-0.2, 0) is 0 Å². The summed E-state index contributed by atoms with van der Waals surface area (Å²) in [6.07, 6.45) is 2.54. The van der Waals surface area contributed by atoms with Crippen molar-refractivity contribution in [3.63, 3.8) is 0 Å². The first-order valence-electron chi connectivity index (χ1n) is 6.87. The minimum absolute atomic E-state index is 0.0216. The topological polar surface area (TPSA) is 83.7 Å². The van der Waals surface area contributed by atoms with Crippen LogP contribution in [0, 0.1) is 16.0 Å². The second-order valence-corrected chi connectivity index (χ2v) is 5.60. The molecular weight excluding hydrogens is 296 g/mol. The first-order chi connectivity index (χ1) is 10.0. The summed E-state index contributed by atoms with van der Waals surface area (Å²) in [6.45, 7) is 1.33. The third kappa shape index (κ3) is 3.71. The molecule has 1 aliphatic heterocycles. The molecule has 114 valence electrons. The SMILES string of the molecule is O=C(c1ccc(Cl)c([N+](=O)[O-])c1)N1CCCC(CCO)C1. The lowest BCUT2D eigenvalue weighted by atomic mass is 9.94. The maximum Gasteiger partial charge on any atom is 0.288 e. The summed E-state index contributed by atoms with van der Waals surface area (Å²) in [6, 6.07) is 4.11. The minimum Gasteiger partial charge on any atom is -0.396 e. The second-order valence-electron chi connectivity index (χ2n) is 5.20. The van der Waals surface area contributed by atoms with E-state index in [1.165, 1.54) is 18.2 Å². The van der Waals surface area contributed by atoms with Gasteiger partial charge in [0.1, 0.15) is 5.02 Å². The van der Waals surface area contributed by atoms with E-state index in [0.29, 0.717) is 19.5 Å². The Bertz CT molecular complexity index is 548. The molecule has 1 fully saturated rings. The van der Waals surface area contributed by atoms with Gasteiger partial charge >= 0.3 is 0 Å². The molecule has 1 aromatic rings. The summed E-state index contributed by atoms with van der Waals surface area (Å²) in [4.78, 5) is 24.4. The number of hydrogen-bond acceptors (Lipinski definition) is 4. The predicted molar refractivity (Wildman–Crippen MR) is 78.4 cm³/mol. The number of aliphatic hydroxyl groups is 1. The van der Waals surface area contributed by atoms with Crippen LogP contribution in [0.4, 0.5) is 5.69 Å². The highest BCUT2D eigenvalue weighted by atomic mass is 35.5. The lowest BCUT2D eigenvalue weighted by Gasteiger charge is -2.32. The normalized spacial score (nSPS) is 18.6. The molecule has 0 radical (unpaired) electrons. The fourth-order valence-electron chi connectivity index (χ4n) is 2.64. The van der Waals surface area contributed by atoms with Crippen LogP contribution in [0.5, 0.6) is 0 Å². The number of nitro groups is 1. The van der Waals surface area contributed by atoms with Gasteiger partial charge in [0.15, 0.2) is 0 Å². The number of benzene rings is 1. The molecule has 21 heavy (non-hydrogen) atoms. The monoisotopic (exact) mass is 312 g/mol. The number of carbonyl (C=O) groups excluding carboxylic acids is 1. The van der Waals surface area contributed by atoms with Crippen LogP contribution in [0.25, 0.3) is 0 Å². The molecule has 1 aliphatic rings. The maximum atomic E-state index is 12.4. The molecule has 1 unspecified atom stereocenters. The van der Waals surface area contributed by atoms with Crippen molar-refractivity contribution in [2.24, 2.45) is 5.92 Å². The molecule has 0 saturated carbocycles. The molecular formula is C14H17ClN2O4. The molecule has 1 heterocycles. The Kier molecular flexibility index (Phi) is 5.14. The molecule has 1 atom stereocenters. The lowest BCUT2D eigenvalue weighted by Crippen LogP contribution is -2.40. The van der Waals surface area contributed by atoms with Crippen LogP contribution in [0.2, 0.25) is 5.02 Å². The molecule has 1 saturated heterocycles. The standard InChI is InChI=1S/C14H17ClN2O4/c15-12-4-3-11(8-13(12)17(20)21)14(19)16-6-1-2-10(9-16)5-7-18/h3-4,8,10,18H,1-2,5-7,9H2. The fraction of sp³-hybridized carbons (Fsp3) is 0.500. The van der Waals surface area contributed by atoms with Gasteiger partial charge in [0.25, 0.3) is 11.6 Å². The Labute approximate surface area is 127 Å². The number of rotatable bonds is 4. The quantitative estimate of drug-likeness (QED) is 0.684. The number of likely N-dealkylation sites (tertiary alicyclic amines) is 1. The summed E-state index contributed by atoms with van der Waals surface area (Å²) in [5.74, 6) is 0.0624. The van der Waals surface area contributed by atoms with Gasteiger partial charge in [-0.1, -0.05) is 11.6 Å². The number of carbonyl (C=O) groups is 1. The number of halogens is 1. The van der Waals surface area contributed by atoms with E-state index in [9.17, 15) is 14.9 Å². The molecule has 2 rings (SSSR count). The van der Waals surface area contributed by atoms with E-state index in [1.54, 1.807) is 4.90 Å². The van der Waals surface area contributed by atoms with E-state index >= 15 is 0 Å². The number of piperidine rings is 1. The van der Waals surface area contributed by atoms with Crippen molar-refractivity contribution >= 4 is 23.2 Å². The molecule has 1 amide bonds. The Balaban J connectivity index is 2.16. The summed E-state index contributed by atoms with van der Waals surface area (Å²) in [7, 11) is 0. The Hall–Kier alpha value is -1.66. The van der Waals surface area contributed by atoms with E-state index in [1.807, 2.05) is 0 Å². The van der Waals surface area contributed by atoms with E-state index in [2.05, 4.69) is 0 Å². The minimum atomic E-state index is -0.593. The predicted octanol–water partition coefficient (Wildman–Crippen LogP) is 2.48. The smallest absolute Gasteiger partial charge is 0.288 e. The largest absolute Gasteiger partial charge is 0.396 e. The van der Waals surface area contributed by atoms with Crippen molar-refractivity contribution in [3.05, 3.63) is 38.9 Å². The van der Waals surface area contributed by atoms with E-state index in [-0.39, 0.29) is 34.7 Å². The van der Waals surface area contributed by atoms with Gasteiger partial charge in [0.05, 0.1) is 4.92 Å². The highest BCUT2D eigenvalue weighted by Gasteiger charge is 2.25. The Morgan fingerprint density at radius 1 is 1.52 bits per heavy atom. The lowest BCUT2D eigenvalue weighted by molar-refractivity contribution is -0.384. The number of nitrogens with zero attached hydrogens (tertiary/aromatic N) is 2. The maximum absolute atomic E-state index is 12.4. The molecule has 6 nitrogen and oxygen atoms in total. The van der Waals surface area contributed by atoms with Crippen LogP contribution in [0.3, 0.4) is 0 Å². The molecule has 0 bridgehead atoms. The first kappa shape index (κ1) is 15.7. The van der Waals surface area contributed by atoms with Gasteiger partial charge in [-0.2, -0.15) is 0 Å². The van der Waals surface area contributed by atoms with Crippen molar-refractivity contribution in [1.82, 2.24) is 4.90 Å². The number of aliphatic hydroxyl groups excluding tert-OH is 1. The van der Waals surface area contributed by atoms with Gasteiger partial charge in [-0.15, -0.1) is 0 Å². The van der Waals surface area contributed by atoms with Gasteiger partial charge in [0.2, 0.25) is 0 Å². The molecule has 0 aliphatic carbocycles. The summed E-state index contributed by atoms with van der Waals surface area (Å²) in [5, 5.41) is 19.9. The average Bonchev–Trinajstić information content (AvgIpc) is 2.47. The summed E-state index contributed by atoms with van der Waals surface area (Å²) in [5.41, 5.74) is 0.0159. The molecule has 0 aromatic heterocycles. The zero-order chi connectivity index (χ0) is 15.4. The van der Waals surface area contributed by atoms with Crippen LogP contribution in [-0.4, -0.2) is 40.5 Å². The highest BCUT2D eigenvalue weighted by molar-refractivity contribution is 6.32. The van der Waals surface area contributed by atoms with Crippen molar-refractivity contribution in [2.45, 2.75) is 19.3 Å². The van der Waals surface area contributed by atoms with E-state index < -0.39 is 4.92 Å². The number of amides is 1. The zero-order valence-electron chi connectivity index (χ0n) is 11.5. The van der Waals surface area contributed by atoms with E-state index in [4.69, 9.17) is 16.7 Å². The molecule has 7 heteroatoms. The second kappa shape index (κ2) is 6.87. The molecule has 1 aromatic carbocycles. The Morgan fingerprint density at radius 3 is 2.95 bits per heavy atom. The number of hydrogen-bond donors (Lipinski definition) is 1. The van der Waals surface area contributed by atoms with Crippen LogP contribution in [0.15, 0.2) is 18.2 Å². The average molecular weight is 313 g/mol. The van der Waals surface area contributed by atoms with Gasteiger partial charge in [-0.05, 0) is 37.3 Å². The van der Waals surface area contributed by atoms with Gasteiger partial charge in [-0.25, -0.2) is 0 Å². The van der Waals surface area contributed by atoms with Crippen LogP contribution < -0.4 is 0 Å². The van der Waals surface area contributed by atoms with Crippen molar-refractivity contribution in [2.75, 3.05) is 19.7 Å². The fourth-order valence-corrected chi connectivity index (χ4v) is 2.82. The third-order valence-corrected chi connectivity index (χ3v) is 4.05. The summed E-state index contributed by atoms with van der Waals surface area (Å²) < 4.78 is 0. The molecule has 1 N–H and O–H groups in total. The van der Waals surface area contributed by atoms with Crippen molar-refractivity contribution in [1.29, 1.82) is 0 Å². The van der Waals surface area contributed by atoms with Crippen LogP contribution in [0.1, 0.15) is 29.6 Å². The third-order valence-electron chi connectivity index (χ3n) is 3.73. The highest BCUT2D eigenvalue weighted by Crippen LogP contribution is 2.27. The summed E-state index contributed by atoms with van der Waals surface area (Å²) >= 11 is 5.75. The first-order valence-corrected chi connectivity index (χ1v) is 7.24. The van der Waals surface area contributed by atoms with Gasteiger partial charge in [-0.3, -0.25) is 14.9 Å². The van der Waals surface area contributed by atoms with Crippen molar-refractivity contribution < 1.29 is 14.8 Å². The Morgan fingerprint density at radius 2 is 2.29 bits per heavy atom.